The lowest BCUT2D eigenvalue weighted by atomic mass is 10.1. The van der Waals surface area contributed by atoms with Crippen molar-refractivity contribution in [3.8, 4) is 0 Å². The minimum absolute atomic E-state index is 0.00304. The maximum absolute atomic E-state index is 13.9. The van der Waals surface area contributed by atoms with E-state index < -0.39 is 11.6 Å². The first-order chi connectivity index (χ1) is 11.5. The summed E-state index contributed by atoms with van der Waals surface area (Å²) in [6.07, 6.45) is 0.357. The zero-order valence-electron chi connectivity index (χ0n) is 13.6. The maximum atomic E-state index is 13.9. The average molecular weight is 330 g/mol. The summed E-state index contributed by atoms with van der Waals surface area (Å²) in [5.74, 6) is -1.07. The van der Waals surface area contributed by atoms with Crippen LogP contribution in [-0.2, 0) is 11.2 Å². The van der Waals surface area contributed by atoms with Crippen LogP contribution in [0.5, 0.6) is 0 Å². The van der Waals surface area contributed by atoms with Gasteiger partial charge in [0.15, 0.2) is 0 Å². The van der Waals surface area contributed by atoms with Crippen molar-refractivity contribution in [3.05, 3.63) is 65.2 Å². The van der Waals surface area contributed by atoms with Crippen molar-refractivity contribution in [1.82, 2.24) is 4.90 Å². The summed E-state index contributed by atoms with van der Waals surface area (Å²) in [6, 6.07) is 11.8. The number of nitrogens with zero attached hydrogens (tertiary/aromatic N) is 2. The minimum Gasteiger partial charge on any atom is -0.363 e. The number of hydrogen-bond acceptors (Lipinski definition) is 2. The first kappa shape index (κ1) is 16.4. The summed E-state index contributed by atoms with van der Waals surface area (Å²) in [5.41, 5.74) is 2.12. The molecule has 0 spiro atoms. The van der Waals surface area contributed by atoms with Crippen LogP contribution in [0, 0.1) is 18.6 Å². The molecule has 5 heteroatoms. The molecule has 0 aliphatic carbocycles. The van der Waals surface area contributed by atoms with Gasteiger partial charge < -0.3 is 9.80 Å². The number of anilines is 1. The first-order valence-corrected chi connectivity index (χ1v) is 8.07. The topological polar surface area (TPSA) is 23.6 Å². The second kappa shape index (κ2) is 6.99. The first-order valence-electron chi connectivity index (χ1n) is 8.07. The van der Waals surface area contributed by atoms with Gasteiger partial charge in [0, 0.05) is 26.2 Å². The van der Waals surface area contributed by atoms with Gasteiger partial charge in [0.1, 0.15) is 17.3 Å². The highest BCUT2D eigenvalue weighted by Crippen LogP contribution is 2.24. The van der Waals surface area contributed by atoms with Gasteiger partial charge in [-0.1, -0.05) is 35.9 Å². The Morgan fingerprint density at radius 2 is 1.62 bits per heavy atom. The van der Waals surface area contributed by atoms with E-state index in [1.54, 1.807) is 9.80 Å². The van der Waals surface area contributed by atoms with Crippen molar-refractivity contribution in [2.75, 3.05) is 31.1 Å². The van der Waals surface area contributed by atoms with E-state index in [2.05, 4.69) is 0 Å². The van der Waals surface area contributed by atoms with E-state index in [1.165, 1.54) is 18.2 Å². The Labute approximate surface area is 140 Å². The molecule has 1 saturated heterocycles. The molecule has 3 nitrogen and oxygen atoms in total. The van der Waals surface area contributed by atoms with Gasteiger partial charge in [-0.2, -0.15) is 0 Å². The molecule has 0 bridgehead atoms. The van der Waals surface area contributed by atoms with Crippen LogP contribution in [0.3, 0.4) is 0 Å². The van der Waals surface area contributed by atoms with Crippen LogP contribution < -0.4 is 4.90 Å². The third-order valence-corrected chi connectivity index (χ3v) is 4.32. The highest BCUT2D eigenvalue weighted by Gasteiger charge is 2.24. The summed E-state index contributed by atoms with van der Waals surface area (Å²) in [7, 11) is 0. The lowest BCUT2D eigenvalue weighted by molar-refractivity contribution is -0.130. The van der Waals surface area contributed by atoms with Crippen LogP contribution in [0.2, 0.25) is 0 Å². The van der Waals surface area contributed by atoms with Crippen molar-refractivity contribution < 1.29 is 13.6 Å². The van der Waals surface area contributed by atoms with Gasteiger partial charge in [0.2, 0.25) is 5.91 Å². The van der Waals surface area contributed by atoms with Crippen LogP contribution >= 0.6 is 0 Å². The molecule has 0 N–H and O–H groups in total. The quantitative estimate of drug-likeness (QED) is 0.863. The highest BCUT2D eigenvalue weighted by molar-refractivity contribution is 5.79. The number of para-hydroxylation sites is 1. The SMILES string of the molecule is Cc1cccc(CC(=O)N2CCN(c3c(F)cccc3F)CC2)c1. The number of hydrogen-bond donors (Lipinski definition) is 0. The molecule has 0 radical (unpaired) electrons. The van der Waals surface area contributed by atoms with E-state index in [4.69, 9.17) is 0 Å². The predicted octanol–water partition coefficient (Wildman–Crippen LogP) is 3.16. The van der Waals surface area contributed by atoms with E-state index in [0.717, 1.165) is 11.1 Å². The molecule has 1 fully saturated rings. The van der Waals surface area contributed by atoms with E-state index in [-0.39, 0.29) is 11.6 Å². The van der Waals surface area contributed by atoms with Crippen LogP contribution in [-0.4, -0.2) is 37.0 Å². The van der Waals surface area contributed by atoms with Crippen LogP contribution in [0.1, 0.15) is 11.1 Å². The normalized spacial score (nSPS) is 14.8. The van der Waals surface area contributed by atoms with Crippen molar-refractivity contribution in [2.24, 2.45) is 0 Å². The van der Waals surface area contributed by atoms with Crippen molar-refractivity contribution >= 4 is 11.6 Å². The zero-order chi connectivity index (χ0) is 17.1. The largest absolute Gasteiger partial charge is 0.363 e. The molecule has 0 aromatic heterocycles. The van der Waals surface area contributed by atoms with Gasteiger partial charge in [-0.15, -0.1) is 0 Å². The lowest BCUT2D eigenvalue weighted by Crippen LogP contribution is -2.49. The molecule has 1 heterocycles. The third-order valence-electron chi connectivity index (χ3n) is 4.32. The molecule has 1 amide bonds. The van der Waals surface area contributed by atoms with Gasteiger partial charge in [0.25, 0.3) is 0 Å². The van der Waals surface area contributed by atoms with Crippen LogP contribution in [0.4, 0.5) is 14.5 Å². The molecular weight excluding hydrogens is 310 g/mol. The summed E-state index contributed by atoms with van der Waals surface area (Å²) in [4.78, 5) is 15.8. The number of aryl methyl sites for hydroxylation is 1. The van der Waals surface area contributed by atoms with E-state index >= 15 is 0 Å². The Morgan fingerprint density at radius 3 is 2.25 bits per heavy atom. The number of carbonyl (C=O) groups excluding carboxylic acids is 1. The van der Waals surface area contributed by atoms with Crippen LogP contribution in [0.25, 0.3) is 0 Å². The molecule has 3 rings (SSSR count). The molecule has 126 valence electrons. The summed E-state index contributed by atoms with van der Waals surface area (Å²) in [6.45, 7) is 3.79. The molecule has 1 aliphatic heterocycles. The number of benzene rings is 2. The fourth-order valence-electron chi connectivity index (χ4n) is 3.08. The maximum Gasteiger partial charge on any atom is 0.227 e. The molecule has 24 heavy (non-hydrogen) atoms. The highest BCUT2D eigenvalue weighted by atomic mass is 19.1. The Bertz CT molecular complexity index is 720. The van der Waals surface area contributed by atoms with Crippen molar-refractivity contribution in [3.63, 3.8) is 0 Å². The molecule has 1 aliphatic rings. The Balaban J connectivity index is 1.61. The van der Waals surface area contributed by atoms with Gasteiger partial charge in [-0.05, 0) is 24.6 Å². The second-order valence-corrected chi connectivity index (χ2v) is 6.10. The Kier molecular flexibility index (Phi) is 4.79. The number of carbonyl (C=O) groups is 1. The average Bonchev–Trinajstić information content (AvgIpc) is 2.55. The van der Waals surface area contributed by atoms with Gasteiger partial charge >= 0.3 is 0 Å². The standard InChI is InChI=1S/C19H20F2N2O/c1-14-4-2-5-15(12-14)13-18(24)22-8-10-23(11-9-22)19-16(20)6-3-7-17(19)21/h2-7,12H,8-11,13H2,1H3. The van der Waals surface area contributed by atoms with Gasteiger partial charge in [-0.3, -0.25) is 4.79 Å². The monoisotopic (exact) mass is 330 g/mol. The lowest BCUT2D eigenvalue weighted by Gasteiger charge is -2.36. The number of halogens is 2. The van der Waals surface area contributed by atoms with Gasteiger partial charge in [0.05, 0.1) is 6.42 Å². The zero-order valence-corrected chi connectivity index (χ0v) is 13.6. The Hall–Kier alpha value is -2.43. The molecule has 0 unspecified atom stereocenters. The predicted molar refractivity (Wildman–Crippen MR) is 90.0 cm³/mol. The minimum atomic E-state index is -0.561. The smallest absolute Gasteiger partial charge is 0.227 e. The van der Waals surface area contributed by atoms with E-state index in [9.17, 15) is 13.6 Å². The van der Waals surface area contributed by atoms with Crippen molar-refractivity contribution in [1.29, 1.82) is 0 Å². The van der Waals surface area contributed by atoms with Gasteiger partial charge in [-0.25, -0.2) is 8.78 Å². The van der Waals surface area contributed by atoms with E-state index in [1.807, 2.05) is 31.2 Å². The molecule has 2 aromatic carbocycles. The van der Waals surface area contributed by atoms with Crippen molar-refractivity contribution in [2.45, 2.75) is 13.3 Å². The molecular formula is C19H20F2N2O. The fraction of sp³-hybridized carbons (Fsp3) is 0.316. The van der Waals surface area contributed by atoms with E-state index in [0.29, 0.717) is 32.6 Å². The fourth-order valence-corrected chi connectivity index (χ4v) is 3.08. The summed E-state index contributed by atoms with van der Waals surface area (Å²) in [5, 5.41) is 0. The number of rotatable bonds is 3. The number of piperazine rings is 1. The van der Waals surface area contributed by atoms with Crippen LogP contribution in [0.15, 0.2) is 42.5 Å². The summed E-state index contributed by atoms with van der Waals surface area (Å²) >= 11 is 0. The third kappa shape index (κ3) is 3.55. The number of amides is 1. The second-order valence-electron chi connectivity index (χ2n) is 6.10. The molecule has 2 aromatic rings. The molecule has 0 atom stereocenters. The Morgan fingerprint density at radius 1 is 1.00 bits per heavy atom. The summed E-state index contributed by atoms with van der Waals surface area (Å²) < 4.78 is 27.7. The molecule has 0 saturated carbocycles.